The summed E-state index contributed by atoms with van der Waals surface area (Å²) in [5.74, 6) is 0.298. The largest absolute Gasteiger partial charge is 0.343 e. The molecule has 156 valence electrons. The van der Waals surface area contributed by atoms with Crippen LogP contribution < -0.4 is 5.32 Å². The number of hydrogen-bond acceptors (Lipinski definition) is 3. The zero-order valence-electron chi connectivity index (χ0n) is 16.2. The lowest BCUT2D eigenvalue weighted by molar-refractivity contribution is -0.132. The topological polar surface area (TPSA) is 65.5 Å². The molecule has 1 N–H and O–H groups in total. The van der Waals surface area contributed by atoms with E-state index >= 15 is 0 Å². The fourth-order valence-corrected chi connectivity index (χ4v) is 3.40. The highest BCUT2D eigenvalue weighted by atomic mass is 19.1. The van der Waals surface area contributed by atoms with E-state index in [2.05, 4.69) is 10.3 Å². The van der Waals surface area contributed by atoms with Gasteiger partial charge in [0.05, 0.1) is 0 Å². The molecule has 3 amide bonds. The van der Waals surface area contributed by atoms with Gasteiger partial charge in [-0.3, -0.25) is 10.1 Å². The minimum absolute atomic E-state index is 0. The molecule has 0 bridgehead atoms. The number of halogens is 1. The van der Waals surface area contributed by atoms with Crippen LogP contribution >= 0.6 is 0 Å². The van der Waals surface area contributed by atoms with Crippen LogP contribution in [0.5, 0.6) is 0 Å². The van der Waals surface area contributed by atoms with Gasteiger partial charge in [0.1, 0.15) is 11.6 Å². The number of nitrogens with one attached hydrogen (secondary N) is 1. The van der Waals surface area contributed by atoms with Crippen LogP contribution in [0.3, 0.4) is 0 Å². The predicted molar refractivity (Wildman–Crippen MR) is 113 cm³/mol. The van der Waals surface area contributed by atoms with E-state index in [0.29, 0.717) is 25.3 Å². The summed E-state index contributed by atoms with van der Waals surface area (Å²) in [6.07, 6.45) is 3.65. The van der Waals surface area contributed by atoms with Crippen LogP contribution in [0.25, 0.3) is 11.1 Å². The number of carbonyl (C=O) groups is 2. The number of carbonyl (C=O) groups excluding carboxylic acids is 2. The van der Waals surface area contributed by atoms with Crippen molar-refractivity contribution in [2.75, 3.05) is 25.5 Å². The van der Waals surface area contributed by atoms with Crippen LogP contribution in [0.1, 0.15) is 33.6 Å². The van der Waals surface area contributed by atoms with Crippen molar-refractivity contribution in [1.82, 2.24) is 14.8 Å². The second-order valence-corrected chi connectivity index (χ2v) is 6.95. The number of anilines is 1. The monoisotopic (exact) mass is 400 g/mol. The lowest BCUT2D eigenvalue weighted by atomic mass is 10.0. The van der Waals surface area contributed by atoms with E-state index in [9.17, 15) is 14.0 Å². The first kappa shape index (κ1) is 22.3. The highest BCUT2D eigenvalue weighted by molar-refractivity contribution is 5.88. The van der Waals surface area contributed by atoms with Crippen molar-refractivity contribution in [2.24, 2.45) is 0 Å². The normalized spacial score (nSPS) is 14.1. The lowest BCUT2D eigenvalue weighted by Gasteiger charge is -2.36. The third-order valence-corrected chi connectivity index (χ3v) is 5.14. The first-order chi connectivity index (χ1) is 13.5. The Morgan fingerprint density at radius 2 is 1.93 bits per heavy atom. The Bertz CT molecular complexity index is 833. The SMILES string of the molecule is C.CCC(=O)N1CCC(N(C)C(=O)Nc2ccc(-c3cccc(F)c3)cn2)CC1. The maximum atomic E-state index is 13.4. The van der Waals surface area contributed by atoms with E-state index in [1.165, 1.54) is 12.1 Å². The van der Waals surface area contributed by atoms with E-state index in [4.69, 9.17) is 0 Å². The molecule has 1 aliphatic rings. The molecule has 6 nitrogen and oxygen atoms in total. The van der Waals surface area contributed by atoms with Gasteiger partial charge < -0.3 is 9.80 Å². The van der Waals surface area contributed by atoms with Gasteiger partial charge in [-0.15, -0.1) is 0 Å². The van der Waals surface area contributed by atoms with Crippen molar-refractivity contribution in [3.8, 4) is 11.1 Å². The number of piperidine rings is 1. The number of pyridine rings is 1. The summed E-state index contributed by atoms with van der Waals surface area (Å²) in [5, 5.41) is 2.80. The van der Waals surface area contributed by atoms with E-state index in [0.717, 1.165) is 24.0 Å². The van der Waals surface area contributed by atoms with Gasteiger partial charge in [-0.2, -0.15) is 0 Å². The third-order valence-electron chi connectivity index (χ3n) is 5.14. The van der Waals surface area contributed by atoms with Gasteiger partial charge in [-0.1, -0.05) is 26.5 Å². The average molecular weight is 400 g/mol. The smallest absolute Gasteiger partial charge is 0.323 e. The first-order valence-electron chi connectivity index (χ1n) is 9.51. The fraction of sp³-hybridized carbons (Fsp3) is 0.409. The van der Waals surface area contributed by atoms with Crippen LogP contribution in [0.2, 0.25) is 0 Å². The molecule has 1 fully saturated rings. The highest BCUT2D eigenvalue weighted by Gasteiger charge is 2.27. The molecule has 0 unspecified atom stereocenters. The summed E-state index contributed by atoms with van der Waals surface area (Å²) >= 11 is 0. The summed E-state index contributed by atoms with van der Waals surface area (Å²) in [6.45, 7) is 3.21. The molecular weight excluding hydrogens is 371 g/mol. The average Bonchev–Trinajstić information content (AvgIpc) is 2.73. The van der Waals surface area contributed by atoms with Crippen LogP contribution in [-0.2, 0) is 4.79 Å². The van der Waals surface area contributed by atoms with Crippen LogP contribution in [0.15, 0.2) is 42.6 Å². The molecule has 0 aliphatic carbocycles. The van der Waals surface area contributed by atoms with E-state index < -0.39 is 0 Å². The summed E-state index contributed by atoms with van der Waals surface area (Å²) in [4.78, 5) is 32.1. The second-order valence-electron chi connectivity index (χ2n) is 6.95. The van der Waals surface area contributed by atoms with Crippen molar-refractivity contribution in [2.45, 2.75) is 39.7 Å². The Kier molecular flexibility index (Phi) is 7.70. The number of likely N-dealkylation sites (tertiary alicyclic amines) is 1. The van der Waals surface area contributed by atoms with Crippen LogP contribution in [0.4, 0.5) is 15.0 Å². The van der Waals surface area contributed by atoms with Gasteiger partial charge in [0, 0.05) is 44.4 Å². The Balaban J connectivity index is 0.00000300. The van der Waals surface area contributed by atoms with Gasteiger partial charge in [-0.05, 0) is 42.7 Å². The van der Waals surface area contributed by atoms with Gasteiger partial charge in [0.2, 0.25) is 5.91 Å². The number of nitrogens with zero attached hydrogens (tertiary/aromatic N) is 3. The number of hydrogen-bond donors (Lipinski definition) is 1. The highest BCUT2D eigenvalue weighted by Crippen LogP contribution is 2.21. The quantitative estimate of drug-likeness (QED) is 0.828. The lowest BCUT2D eigenvalue weighted by Crippen LogP contribution is -2.48. The van der Waals surface area contributed by atoms with Gasteiger partial charge in [0.15, 0.2) is 0 Å². The number of rotatable bonds is 4. The maximum Gasteiger partial charge on any atom is 0.323 e. The minimum Gasteiger partial charge on any atom is -0.343 e. The molecule has 1 aromatic heterocycles. The number of urea groups is 1. The molecule has 0 radical (unpaired) electrons. The number of benzene rings is 1. The fourth-order valence-electron chi connectivity index (χ4n) is 3.40. The Morgan fingerprint density at radius 3 is 2.52 bits per heavy atom. The zero-order valence-corrected chi connectivity index (χ0v) is 16.2. The molecule has 7 heteroatoms. The molecule has 1 aromatic carbocycles. The third kappa shape index (κ3) is 5.53. The zero-order chi connectivity index (χ0) is 20.1. The Labute approximate surface area is 171 Å². The van der Waals surface area contributed by atoms with Crippen molar-refractivity contribution in [1.29, 1.82) is 0 Å². The Hall–Kier alpha value is -2.96. The molecule has 1 aliphatic heterocycles. The van der Waals surface area contributed by atoms with E-state index in [1.807, 2.05) is 17.9 Å². The minimum atomic E-state index is -0.303. The van der Waals surface area contributed by atoms with Gasteiger partial charge in [0.25, 0.3) is 0 Å². The molecule has 2 aromatic rings. The van der Waals surface area contributed by atoms with Crippen molar-refractivity contribution in [3.63, 3.8) is 0 Å². The molecular formula is C22H29FN4O2. The molecule has 0 atom stereocenters. The summed E-state index contributed by atoms with van der Waals surface area (Å²) < 4.78 is 13.4. The van der Waals surface area contributed by atoms with E-state index in [1.54, 1.807) is 36.3 Å². The standard InChI is InChI=1S/C21H25FN4O2.CH4/c1-3-20(27)26-11-9-18(10-12-26)25(2)21(28)24-19-8-7-16(14-23-19)15-5-4-6-17(22)13-15;/h4-8,13-14,18H,3,9-12H2,1-2H3,(H,23,24,28);1H4. The van der Waals surface area contributed by atoms with Gasteiger partial charge >= 0.3 is 6.03 Å². The summed E-state index contributed by atoms with van der Waals surface area (Å²) in [5.41, 5.74) is 1.51. The van der Waals surface area contributed by atoms with Crippen LogP contribution in [0, 0.1) is 5.82 Å². The number of amides is 3. The molecule has 0 spiro atoms. The molecule has 2 heterocycles. The molecule has 3 rings (SSSR count). The van der Waals surface area contributed by atoms with Crippen LogP contribution in [-0.4, -0.2) is 52.9 Å². The van der Waals surface area contributed by atoms with Crippen molar-refractivity contribution in [3.05, 3.63) is 48.4 Å². The Morgan fingerprint density at radius 1 is 1.21 bits per heavy atom. The molecule has 1 saturated heterocycles. The van der Waals surface area contributed by atoms with Crippen molar-refractivity contribution >= 4 is 17.8 Å². The first-order valence-corrected chi connectivity index (χ1v) is 9.51. The van der Waals surface area contributed by atoms with E-state index in [-0.39, 0.29) is 31.2 Å². The summed E-state index contributed by atoms with van der Waals surface area (Å²) in [6, 6.07) is 9.65. The van der Waals surface area contributed by atoms with Crippen molar-refractivity contribution < 1.29 is 14.0 Å². The molecule has 29 heavy (non-hydrogen) atoms. The second kappa shape index (κ2) is 10.0. The number of aromatic nitrogens is 1. The predicted octanol–water partition coefficient (Wildman–Crippen LogP) is 4.39. The summed E-state index contributed by atoms with van der Waals surface area (Å²) in [7, 11) is 1.76. The van der Waals surface area contributed by atoms with Gasteiger partial charge in [-0.25, -0.2) is 14.2 Å². The molecule has 0 saturated carbocycles. The maximum absolute atomic E-state index is 13.4.